The second-order valence-electron chi connectivity index (χ2n) is 5.08. The first-order chi connectivity index (χ1) is 8.29. The van der Waals surface area contributed by atoms with E-state index in [1.165, 1.54) is 31.5 Å². The Morgan fingerprint density at radius 3 is 3.18 bits per heavy atom. The first kappa shape index (κ1) is 12.5. The van der Waals surface area contributed by atoms with Crippen LogP contribution in [0.4, 0.5) is 0 Å². The van der Waals surface area contributed by atoms with Crippen molar-refractivity contribution in [2.75, 3.05) is 20.1 Å². The lowest BCUT2D eigenvalue weighted by Gasteiger charge is -2.35. The third-order valence-electron chi connectivity index (χ3n) is 3.83. The highest BCUT2D eigenvalue weighted by molar-refractivity contribution is 5.08. The Kier molecular flexibility index (Phi) is 4.51. The molecule has 1 aliphatic rings. The molecule has 94 valence electrons. The van der Waals surface area contributed by atoms with Crippen LogP contribution in [-0.2, 0) is 6.54 Å². The number of likely N-dealkylation sites (tertiary alicyclic amines) is 1. The SMILES string of the molecule is CNC(C)C1CCCN(Cc2cccnc2)C1. The van der Waals surface area contributed by atoms with Crippen molar-refractivity contribution in [3.05, 3.63) is 30.1 Å². The van der Waals surface area contributed by atoms with Crippen LogP contribution >= 0.6 is 0 Å². The number of hydrogen-bond acceptors (Lipinski definition) is 3. The van der Waals surface area contributed by atoms with Crippen molar-refractivity contribution in [2.24, 2.45) is 5.92 Å². The van der Waals surface area contributed by atoms with Crippen LogP contribution in [0.25, 0.3) is 0 Å². The van der Waals surface area contributed by atoms with Crippen molar-refractivity contribution in [1.82, 2.24) is 15.2 Å². The highest BCUT2D eigenvalue weighted by Crippen LogP contribution is 2.20. The predicted octanol–water partition coefficient (Wildman–Crippen LogP) is 1.90. The van der Waals surface area contributed by atoms with Crippen LogP contribution in [0, 0.1) is 5.92 Å². The molecule has 0 saturated carbocycles. The number of aromatic nitrogens is 1. The number of rotatable bonds is 4. The molecule has 0 radical (unpaired) electrons. The molecule has 3 nitrogen and oxygen atoms in total. The van der Waals surface area contributed by atoms with Crippen molar-refractivity contribution in [3.63, 3.8) is 0 Å². The van der Waals surface area contributed by atoms with Gasteiger partial charge in [-0.05, 0) is 50.9 Å². The highest BCUT2D eigenvalue weighted by atomic mass is 15.1. The molecule has 17 heavy (non-hydrogen) atoms. The molecule has 1 aromatic heterocycles. The fourth-order valence-corrected chi connectivity index (χ4v) is 2.63. The first-order valence-corrected chi connectivity index (χ1v) is 6.58. The fourth-order valence-electron chi connectivity index (χ4n) is 2.63. The lowest BCUT2D eigenvalue weighted by Crippen LogP contribution is -2.43. The van der Waals surface area contributed by atoms with E-state index in [9.17, 15) is 0 Å². The van der Waals surface area contributed by atoms with Crippen LogP contribution in [0.1, 0.15) is 25.3 Å². The maximum atomic E-state index is 4.18. The Bertz CT molecular complexity index is 325. The second-order valence-corrected chi connectivity index (χ2v) is 5.08. The highest BCUT2D eigenvalue weighted by Gasteiger charge is 2.23. The maximum Gasteiger partial charge on any atom is 0.0312 e. The van der Waals surface area contributed by atoms with Gasteiger partial charge in [-0.3, -0.25) is 9.88 Å². The number of nitrogens with zero attached hydrogens (tertiary/aromatic N) is 2. The summed E-state index contributed by atoms with van der Waals surface area (Å²) in [4.78, 5) is 6.74. The molecule has 0 aromatic carbocycles. The maximum absolute atomic E-state index is 4.18. The third kappa shape index (κ3) is 3.51. The lowest BCUT2D eigenvalue weighted by atomic mass is 9.91. The summed E-state index contributed by atoms with van der Waals surface area (Å²) in [6, 6.07) is 4.80. The Hall–Kier alpha value is -0.930. The van der Waals surface area contributed by atoms with Gasteiger partial charge in [0.05, 0.1) is 0 Å². The molecule has 2 rings (SSSR count). The van der Waals surface area contributed by atoms with Gasteiger partial charge in [0, 0.05) is 31.5 Å². The van der Waals surface area contributed by atoms with E-state index in [1.54, 1.807) is 0 Å². The summed E-state index contributed by atoms with van der Waals surface area (Å²) in [6.45, 7) is 5.76. The van der Waals surface area contributed by atoms with E-state index in [1.807, 2.05) is 18.5 Å². The number of pyridine rings is 1. The van der Waals surface area contributed by atoms with Crippen LogP contribution in [0.15, 0.2) is 24.5 Å². The molecular weight excluding hydrogens is 210 g/mol. The topological polar surface area (TPSA) is 28.2 Å². The van der Waals surface area contributed by atoms with E-state index < -0.39 is 0 Å². The van der Waals surface area contributed by atoms with Gasteiger partial charge in [0.1, 0.15) is 0 Å². The normalized spacial score (nSPS) is 23.5. The van der Waals surface area contributed by atoms with Crippen molar-refractivity contribution >= 4 is 0 Å². The smallest absolute Gasteiger partial charge is 0.0312 e. The van der Waals surface area contributed by atoms with E-state index in [4.69, 9.17) is 0 Å². The minimum Gasteiger partial charge on any atom is -0.317 e. The van der Waals surface area contributed by atoms with Crippen LogP contribution in [0.2, 0.25) is 0 Å². The van der Waals surface area contributed by atoms with Gasteiger partial charge in [-0.25, -0.2) is 0 Å². The summed E-state index contributed by atoms with van der Waals surface area (Å²) in [5, 5.41) is 3.38. The largest absolute Gasteiger partial charge is 0.317 e. The van der Waals surface area contributed by atoms with Crippen LogP contribution in [0.3, 0.4) is 0 Å². The van der Waals surface area contributed by atoms with Gasteiger partial charge in [-0.1, -0.05) is 6.07 Å². The average Bonchev–Trinajstić information content (AvgIpc) is 2.39. The van der Waals surface area contributed by atoms with Gasteiger partial charge < -0.3 is 5.32 Å². The molecule has 1 N–H and O–H groups in total. The van der Waals surface area contributed by atoms with Gasteiger partial charge in [0.15, 0.2) is 0 Å². The van der Waals surface area contributed by atoms with Crippen molar-refractivity contribution < 1.29 is 0 Å². The molecule has 0 aliphatic carbocycles. The number of hydrogen-bond donors (Lipinski definition) is 1. The van der Waals surface area contributed by atoms with Gasteiger partial charge >= 0.3 is 0 Å². The molecule has 0 amide bonds. The molecule has 2 heterocycles. The summed E-state index contributed by atoms with van der Waals surface area (Å²) in [5.41, 5.74) is 1.32. The minimum atomic E-state index is 0.617. The van der Waals surface area contributed by atoms with Crippen molar-refractivity contribution in [2.45, 2.75) is 32.4 Å². The Morgan fingerprint density at radius 2 is 2.47 bits per heavy atom. The average molecular weight is 233 g/mol. The molecule has 2 unspecified atom stereocenters. The second kappa shape index (κ2) is 6.12. The quantitative estimate of drug-likeness (QED) is 0.861. The summed E-state index contributed by atoms with van der Waals surface area (Å²) >= 11 is 0. The zero-order valence-corrected chi connectivity index (χ0v) is 10.9. The van der Waals surface area contributed by atoms with Gasteiger partial charge in [0.25, 0.3) is 0 Å². The molecule has 1 aliphatic heterocycles. The zero-order valence-electron chi connectivity index (χ0n) is 10.9. The van der Waals surface area contributed by atoms with Crippen LogP contribution < -0.4 is 5.32 Å². The summed E-state index contributed by atoms with van der Waals surface area (Å²) in [5.74, 6) is 0.783. The van der Waals surface area contributed by atoms with E-state index in [0.717, 1.165) is 12.5 Å². The lowest BCUT2D eigenvalue weighted by molar-refractivity contribution is 0.147. The summed E-state index contributed by atoms with van der Waals surface area (Å²) in [6.07, 6.45) is 6.49. The standard InChI is InChI=1S/C14H23N3/c1-12(15-2)14-6-4-8-17(11-14)10-13-5-3-7-16-9-13/h3,5,7,9,12,14-15H,4,6,8,10-11H2,1-2H3. The molecule has 1 aromatic rings. The molecule has 3 heteroatoms. The molecule has 2 atom stereocenters. The molecule has 1 fully saturated rings. The van der Waals surface area contributed by atoms with Gasteiger partial charge in [-0.15, -0.1) is 0 Å². The predicted molar refractivity (Wildman–Crippen MR) is 70.8 cm³/mol. The van der Waals surface area contributed by atoms with Gasteiger partial charge in [0.2, 0.25) is 0 Å². The van der Waals surface area contributed by atoms with E-state index >= 15 is 0 Å². The Labute approximate surface area is 104 Å². The van der Waals surface area contributed by atoms with Crippen molar-refractivity contribution in [1.29, 1.82) is 0 Å². The monoisotopic (exact) mass is 233 g/mol. The Balaban J connectivity index is 1.89. The van der Waals surface area contributed by atoms with Crippen molar-refractivity contribution in [3.8, 4) is 0 Å². The minimum absolute atomic E-state index is 0.617. The molecular formula is C14H23N3. The molecule has 1 saturated heterocycles. The number of nitrogens with one attached hydrogen (secondary N) is 1. The molecule has 0 bridgehead atoms. The van der Waals surface area contributed by atoms with E-state index in [-0.39, 0.29) is 0 Å². The van der Waals surface area contributed by atoms with Crippen LogP contribution in [-0.4, -0.2) is 36.1 Å². The number of piperidine rings is 1. The third-order valence-corrected chi connectivity index (χ3v) is 3.83. The van der Waals surface area contributed by atoms with Gasteiger partial charge in [-0.2, -0.15) is 0 Å². The van der Waals surface area contributed by atoms with E-state index in [2.05, 4.69) is 35.2 Å². The van der Waals surface area contributed by atoms with E-state index in [0.29, 0.717) is 6.04 Å². The summed E-state index contributed by atoms with van der Waals surface area (Å²) in [7, 11) is 2.06. The Morgan fingerprint density at radius 1 is 1.59 bits per heavy atom. The zero-order chi connectivity index (χ0) is 12.1. The molecule has 0 spiro atoms. The fraction of sp³-hybridized carbons (Fsp3) is 0.643. The van der Waals surface area contributed by atoms with Crippen LogP contribution in [0.5, 0.6) is 0 Å². The summed E-state index contributed by atoms with van der Waals surface area (Å²) < 4.78 is 0. The first-order valence-electron chi connectivity index (χ1n) is 6.58.